The van der Waals surface area contributed by atoms with Crippen LogP contribution in [0, 0.1) is 17.0 Å². The molecule has 15 heteroatoms. The molecule has 0 aliphatic carbocycles. The number of nitro groups is 1. The summed E-state index contributed by atoms with van der Waals surface area (Å²) in [6.45, 7) is 1.51. The van der Waals surface area contributed by atoms with Crippen molar-refractivity contribution < 1.29 is 42.7 Å². The number of nitrogens with zero attached hydrogens (tertiary/aromatic N) is 4. The molecule has 1 amide bonds. The van der Waals surface area contributed by atoms with Crippen LogP contribution in [0.5, 0.6) is 0 Å². The molecule has 0 aliphatic heterocycles. The Bertz CT molecular complexity index is 987. The van der Waals surface area contributed by atoms with Crippen molar-refractivity contribution in [3.05, 3.63) is 51.0 Å². The summed E-state index contributed by atoms with van der Waals surface area (Å²) >= 11 is 0. The summed E-state index contributed by atoms with van der Waals surface area (Å²) in [4.78, 5) is 45.7. The third-order valence-corrected chi connectivity index (χ3v) is 3.43. The number of amides is 1. The number of aromatic nitrogens is 3. The van der Waals surface area contributed by atoms with Crippen LogP contribution in [0.1, 0.15) is 32.0 Å². The maximum absolute atomic E-state index is 12.1. The van der Waals surface area contributed by atoms with E-state index in [4.69, 9.17) is 15.0 Å². The number of alkyl halides is 3. The van der Waals surface area contributed by atoms with Crippen LogP contribution < -0.4 is 5.32 Å². The van der Waals surface area contributed by atoms with E-state index in [-0.39, 0.29) is 23.6 Å². The first kappa shape index (κ1) is 24.0. The van der Waals surface area contributed by atoms with E-state index in [1.807, 2.05) is 0 Å². The van der Waals surface area contributed by atoms with Crippen LogP contribution in [0.2, 0.25) is 0 Å². The highest BCUT2D eigenvalue weighted by atomic mass is 19.4. The van der Waals surface area contributed by atoms with Crippen LogP contribution in [-0.2, 0) is 18.4 Å². The topological polar surface area (TPSA) is 178 Å². The molecule has 2 aromatic rings. The van der Waals surface area contributed by atoms with Crippen molar-refractivity contribution in [3.8, 4) is 0 Å². The van der Waals surface area contributed by atoms with Gasteiger partial charge in [0.2, 0.25) is 0 Å². The number of nitrogens with one attached hydrogen (secondary N) is 1. The number of pyridine rings is 1. The summed E-state index contributed by atoms with van der Waals surface area (Å²) in [7, 11) is 1.49. The zero-order chi connectivity index (χ0) is 23.2. The van der Waals surface area contributed by atoms with Crippen molar-refractivity contribution in [2.45, 2.75) is 19.6 Å². The normalized spacial score (nSPS) is 10.6. The molecular weight excluding hydrogens is 419 g/mol. The zero-order valence-electron chi connectivity index (χ0n) is 15.3. The van der Waals surface area contributed by atoms with Gasteiger partial charge in [0.25, 0.3) is 5.91 Å². The third-order valence-electron chi connectivity index (χ3n) is 3.43. The van der Waals surface area contributed by atoms with Gasteiger partial charge in [-0.05, 0) is 22.4 Å². The van der Waals surface area contributed by atoms with E-state index in [1.54, 1.807) is 6.92 Å². The van der Waals surface area contributed by atoms with E-state index in [1.165, 1.54) is 24.0 Å². The second-order valence-electron chi connectivity index (χ2n) is 5.55. The summed E-state index contributed by atoms with van der Waals surface area (Å²) in [5, 5.41) is 33.2. The van der Waals surface area contributed by atoms with Gasteiger partial charge in [-0.1, -0.05) is 0 Å². The lowest BCUT2D eigenvalue weighted by molar-refractivity contribution is -0.389. The molecule has 0 saturated heterocycles. The van der Waals surface area contributed by atoms with Gasteiger partial charge in [-0.15, -0.1) is 0 Å². The molecule has 0 unspecified atom stereocenters. The Hall–Kier alpha value is -4.04. The van der Waals surface area contributed by atoms with Crippen LogP contribution in [0.15, 0.2) is 18.5 Å². The Morgan fingerprint density at radius 1 is 1.27 bits per heavy atom. The number of aromatic carboxylic acids is 1. The predicted octanol–water partition coefficient (Wildman–Crippen LogP) is 1.29. The van der Waals surface area contributed by atoms with Crippen molar-refractivity contribution >= 4 is 23.7 Å². The standard InChI is InChI=1S/C13H13N5O5.C2HF3O2/c1-7-3-10(18(22)23)14-6-9(7)12(19)15-4-8-5-16-17(2)11(8)13(20)21;3-2(4,5)1(6)7/h3,5-6H,4H2,1-2H3,(H,15,19)(H,20,21);(H,6,7). The first-order valence-corrected chi connectivity index (χ1v) is 7.69. The molecule has 0 radical (unpaired) electrons. The van der Waals surface area contributed by atoms with Gasteiger partial charge in [-0.3, -0.25) is 9.48 Å². The average Bonchev–Trinajstić information content (AvgIpc) is 3.00. The first-order valence-electron chi connectivity index (χ1n) is 7.69. The molecule has 0 saturated carbocycles. The lowest BCUT2D eigenvalue weighted by atomic mass is 10.1. The molecule has 2 heterocycles. The monoisotopic (exact) mass is 433 g/mol. The highest BCUT2D eigenvalue weighted by Crippen LogP contribution is 2.14. The Kier molecular flexibility index (Phi) is 7.55. The number of carbonyl (C=O) groups excluding carboxylic acids is 1. The summed E-state index contributed by atoms with van der Waals surface area (Å²) in [5.41, 5.74) is 0.898. The van der Waals surface area contributed by atoms with E-state index in [0.29, 0.717) is 11.1 Å². The van der Waals surface area contributed by atoms with E-state index in [2.05, 4.69) is 15.4 Å². The molecule has 0 spiro atoms. The van der Waals surface area contributed by atoms with Crippen molar-refractivity contribution in [3.63, 3.8) is 0 Å². The van der Waals surface area contributed by atoms with Crippen molar-refractivity contribution in [1.29, 1.82) is 0 Å². The summed E-state index contributed by atoms with van der Waals surface area (Å²) in [6, 6.07) is 1.20. The molecule has 0 atom stereocenters. The van der Waals surface area contributed by atoms with Gasteiger partial charge >= 0.3 is 23.9 Å². The van der Waals surface area contributed by atoms with Crippen LogP contribution in [0.25, 0.3) is 0 Å². The SMILES string of the molecule is Cc1cc([N+](=O)[O-])ncc1C(=O)NCc1cnn(C)c1C(=O)O.O=C(O)C(F)(F)F. The largest absolute Gasteiger partial charge is 0.490 e. The molecule has 2 rings (SSSR count). The maximum Gasteiger partial charge on any atom is 0.490 e. The van der Waals surface area contributed by atoms with Crippen LogP contribution >= 0.6 is 0 Å². The molecule has 3 N–H and O–H groups in total. The number of hydrogen-bond donors (Lipinski definition) is 3. The molecule has 12 nitrogen and oxygen atoms in total. The van der Waals surface area contributed by atoms with Gasteiger partial charge in [0.15, 0.2) is 11.9 Å². The highest BCUT2D eigenvalue weighted by molar-refractivity contribution is 5.95. The fourth-order valence-electron chi connectivity index (χ4n) is 2.04. The summed E-state index contributed by atoms with van der Waals surface area (Å²) < 4.78 is 32.9. The van der Waals surface area contributed by atoms with Crippen LogP contribution in [0.4, 0.5) is 19.0 Å². The Balaban J connectivity index is 0.000000553. The molecule has 0 aliphatic rings. The number of hydrogen-bond acceptors (Lipinski definition) is 7. The molecule has 2 aromatic heterocycles. The number of carbonyl (C=O) groups is 3. The first-order chi connectivity index (χ1) is 13.8. The average molecular weight is 433 g/mol. The van der Waals surface area contributed by atoms with Gasteiger partial charge < -0.3 is 25.6 Å². The maximum atomic E-state index is 12.1. The number of aliphatic carboxylic acids is 1. The number of rotatable bonds is 5. The fourth-order valence-corrected chi connectivity index (χ4v) is 2.04. The lowest BCUT2D eigenvalue weighted by Crippen LogP contribution is -2.25. The minimum Gasteiger partial charge on any atom is -0.477 e. The van der Waals surface area contributed by atoms with Crippen molar-refractivity contribution in [1.82, 2.24) is 20.1 Å². The van der Waals surface area contributed by atoms with Gasteiger partial charge in [-0.25, -0.2) is 9.59 Å². The quantitative estimate of drug-likeness (QED) is 0.463. The van der Waals surface area contributed by atoms with Gasteiger partial charge in [0.05, 0.1) is 11.8 Å². The van der Waals surface area contributed by atoms with E-state index >= 15 is 0 Å². The van der Waals surface area contributed by atoms with E-state index < -0.39 is 28.9 Å². The van der Waals surface area contributed by atoms with Gasteiger partial charge in [-0.2, -0.15) is 18.3 Å². The smallest absolute Gasteiger partial charge is 0.477 e. The van der Waals surface area contributed by atoms with Crippen LogP contribution in [-0.4, -0.2) is 53.9 Å². The van der Waals surface area contributed by atoms with Gasteiger partial charge in [0, 0.05) is 25.2 Å². The van der Waals surface area contributed by atoms with Gasteiger partial charge in [0.1, 0.15) is 0 Å². The summed E-state index contributed by atoms with van der Waals surface area (Å²) in [5.74, 6) is -4.76. The lowest BCUT2D eigenvalue weighted by Gasteiger charge is -2.06. The molecule has 0 bridgehead atoms. The minimum absolute atomic E-state index is 0.0242. The number of halogens is 3. The third kappa shape index (κ3) is 6.25. The number of carboxylic acid groups (broad SMARTS) is 2. The van der Waals surface area contributed by atoms with Crippen LogP contribution in [0.3, 0.4) is 0 Å². The molecule has 30 heavy (non-hydrogen) atoms. The molecule has 0 aromatic carbocycles. The zero-order valence-corrected chi connectivity index (χ0v) is 15.3. The molecule has 0 fully saturated rings. The van der Waals surface area contributed by atoms with E-state index in [0.717, 1.165) is 6.20 Å². The Morgan fingerprint density at radius 3 is 2.27 bits per heavy atom. The fraction of sp³-hybridized carbons (Fsp3) is 0.267. The number of carboxylic acids is 2. The Morgan fingerprint density at radius 2 is 1.83 bits per heavy atom. The predicted molar refractivity (Wildman–Crippen MR) is 90.7 cm³/mol. The minimum atomic E-state index is -5.08. The van der Waals surface area contributed by atoms with Crippen molar-refractivity contribution in [2.75, 3.05) is 0 Å². The second-order valence-corrected chi connectivity index (χ2v) is 5.55. The van der Waals surface area contributed by atoms with E-state index in [9.17, 15) is 32.9 Å². The number of aryl methyl sites for hydroxylation is 2. The van der Waals surface area contributed by atoms with Crippen molar-refractivity contribution in [2.24, 2.45) is 7.05 Å². The molecule has 162 valence electrons. The Labute approximate surface area is 165 Å². The molecular formula is C15H14F3N5O7. The summed E-state index contributed by atoms with van der Waals surface area (Å²) in [6.07, 6.45) is -2.62. The second kappa shape index (κ2) is 9.44. The highest BCUT2D eigenvalue weighted by Gasteiger charge is 2.38.